The molecule has 0 saturated heterocycles. The molecule has 1 aliphatic carbocycles. The zero-order valence-corrected chi connectivity index (χ0v) is 11.8. The topological polar surface area (TPSA) is 21.3 Å². The lowest BCUT2D eigenvalue weighted by atomic mass is 9.85. The second kappa shape index (κ2) is 9.90. The Morgan fingerprint density at radius 1 is 1.12 bits per heavy atom. The third kappa shape index (κ3) is 7.05. The van der Waals surface area contributed by atoms with Crippen LogP contribution in [0.1, 0.15) is 65.2 Å². The van der Waals surface area contributed by atoms with Crippen LogP contribution >= 0.6 is 0 Å². The van der Waals surface area contributed by atoms with Gasteiger partial charge in [-0.2, -0.15) is 0 Å². The van der Waals surface area contributed by atoms with E-state index >= 15 is 0 Å². The zero-order valence-electron chi connectivity index (χ0n) is 11.8. The van der Waals surface area contributed by atoms with Crippen LogP contribution in [0.2, 0.25) is 0 Å². The summed E-state index contributed by atoms with van der Waals surface area (Å²) in [6, 6.07) is 0.588. The fourth-order valence-corrected chi connectivity index (χ4v) is 2.75. The number of hydrogen-bond donors (Lipinski definition) is 1. The molecule has 0 aromatic heterocycles. The Morgan fingerprint density at radius 2 is 1.88 bits per heavy atom. The average molecular weight is 241 g/mol. The van der Waals surface area contributed by atoms with Gasteiger partial charge in [0.05, 0.1) is 6.61 Å². The minimum absolute atomic E-state index is 0.588. The van der Waals surface area contributed by atoms with E-state index in [0.717, 1.165) is 32.1 Å². The van der Waals surface area contributed by atoms with Gasteiger partial charge in [-0.15, -0.1) is 0 Å². The molecule has 0 aromatic rings. The predicted molar refractivity (Wildman–Crippen MR) is 74.4 cm³/mol. The molecule has 17 heavy (non-hydrogen) atoms. The summed E-state index contributed by atoms with van der Waals surface area (Å²) in [5.41, 5.74) is 0. The van der Waals surface area contributed by atoms with Crippen molar-refractivity contribution in [2.45, 2.75) is 71.3 Å². The Bertz CT molecular complexity index is 166. The Morgan fingerprint density at radius 3 is 2.53 bits per heavy atom. The second-order valence-electron chi connectivity index (χ2n) is 5.47. The first-order chi connectivity index (χ1) is 8.36. The SMILES string of the molecule is CCCNC(COCCC)CC1CCCCC1. The van der Waals surface area contributed by atoms with E-state index in [9.17, 15) is 0 Å². The molecule has 1 atom stereocenters. The summed E-state index contributed by atoms with van der Waals surface area (Å²) in [6.45, 7) is 7.36. The molecule has 1 saturated carbocycles. The van der Waals surface area contributed by atoms with E-state index in [0.29, 0.717) is 6.04 Å². The first kappa shape index (κ1) is 15.0. The van der Waals surface area contributed by atoms with Crippen molar-refractivity contribution < 1.29 is 4.74 Å². The van der Waals surface area contributed by atoms with Crippen LogP contribution in [0.4, 0.5) is 0 Å². The van der Waals surface area contributed by atoms with E-state index in [1.807, 2.05) is 0 Å². The maximum absolute atomic E-state index is 5.72. The highest BCUT2D eigenvalue weighted by molar-refractivity contribution is 4.74. The molecule has 2 nitrogen and oxygen atoms in total. The molecule has 2 heteroatoms. The maximum Gasteiger partial charge on any atom is 0.0619 e. The van der Waals surface area contributed by atoms with Gasteiger partial charge < -0.3 is 10.1 Å². The number of ether oxygens (including phenoxy) is 1. The molecule has 1 N–H and O–H groups in total. The van der Waals surface area contributed by atoms with E-state index in [2.05, 4.69) is 19.2 Å². The summed E-state index contributed by atoms with van der Waals surface area (Å²) in [5.74, 6) is 0.948. The Balaban J connectivity index is 2.22. The van der Waals surface area contributed by atoms with Crippen LogP contribution in [0.15, 0.2) is 0 Å². The van der Waals surface area contributed by atoms with Gasteiger partial charge in [-0.3, -0.25) is 0 Å². The summed E-state index contributed by atoms with van der Waals surface area (Å²) in [4.78, 5) is 0. The van der Waals surface area contributed by atoms with Gasteiger partial charge in [-0.05, 0) is 31.7 Å². The van der Waals surface area contributed by atoms with Crippen molar-refractivity contribution >= 4 is 0 Å². The highest BCUT2D eigenvalue weighted by atomic mass is 16.5. The van der Waals surface area contributed by atoms with Crippen LogP contribution in [0.3, 0.4) is 0 Å². The minimum atomic E-state index is 0.588. The van der Waals surface area contributed by atoms with E-state index in [1.165, 1.54) is 44.9 Å². The normalized spacial score (nSPS) is 19.4. The largest absolute Gasteiger partial charge is 0.380 e. The van der Waals surface area contributed by atoms with Gasteiger partial charge in [0.2, 0.25) is 0 Å². The fraction of sp³-hybridized carbons (Fsp3) is 1.00. The lowest BCUT2D eigenvalue weighted by molar-refractivity contribution is 0.101. The van der Waals surface area contributed by atoms with Crippen LogP contribution in [0.5, 0.6) is 0 Å². The molecule has 0 heterocycles. The summed E-state index contributed by atoms with van der Waals surface area (Å²) in [6.07, 6.45) is 10.9. The average Bonchev–Trinajstić information content (AvgIpc) is 2.37. The number of rotatable bonds is 9. The standard InChI is InChI=1S/C15H31NO/c1-3-10-16-15(13-17-11-4-2)12-14-8-6-5-7-9-14/h14-16H,3-13H2,1-2H3. The molecule has 1 rings (SSSR count). The predicted octanol–water partition coefficient (Wildman–Crippen LogP) is 3.75. The van der Waals surface area contributed by atoms with Crippen molar-refractivity contribution in [1.29, 1.82) is 0 Å². The van der Waals surface area contributed by atoms with Crippen LogP contribution in [-0.4, -0.2) is 25.8 Å². The number of hydrogen-bond acceptors (Lipinski definition) is 2. The molecule has 0 radical (unpaired) electrons. The third-order valence-corrected chi connectivity index (χ3v) is 3.69. The summed E-state index contributed by atoms with van der Waals surface area (Å²) in [7, 11) is 0. The van der Waals surface area contributed by atoms with Crippen LogP contribution in [0.25, 0.3) is 0 Å². The van der Waals surface area contributed by atoms with Crippen molar-refractivity contribution in [1.82, 2.24) is 5.32 Å². The van der Waals surface area contributed by atoms with Gasteiger partial charge in [0, 0.05) is 12.6 Å². The first-order valence-corrected chi connectivity index (χ1v) is 7.68. The summed E-state index contributed by atoms with van der Waals surface area (Å²) < 4.78 is 5.72. The minimum Gasteiger partial charge on any atom is -0.380 e. The second-order valence-corrected chi connectivity index (χ2v) is 5.47. The smallest absolute Gasteiger partial charge is 0.0619 e. The molecule has 1 aliphatic rings. The fourth-order valence-electron chi connectivity index (χ4n) is 2.75. The summed E-state index contributed by atoms with van der Waals surface area (Å²) in [5, 5.41) is 3.65. The van der Waals surface area contributed by atoms with Crippen molar-refractivity contribution in [2.75, 3.05) is 19.8 Å². The highest BCUT2D eigenvalue weighted by Gasteiger charge is 2.18. The van der Waals surface area contributed by atoms with Gasteiger partial charge in [0.25, 0.3) is 0 Å². The lowest BCUT2D eigenvalue weighted by Crippen LogP contribution is -2.36. The Kier molecular flexibility index (Phi) is 8.72. The lowest BCUT2D eigenvalue weighted by Gasteiger charge is -2.27. The molecule has 1 unspecified atom stereocenters. The quantitative estimate of drug-likeness (QED) is 0.621. The van der Waals surface area contributed by atoms with Crippen molar-refractivity contribution in [3.05, 3.63) is 0 Å². The van der Waals surface area contributed by atoms with Gasteiger partial charge >= 0.3 is 0 Å². The molecule has 0 amide bonds. The van der Waals surface area contributed by atoms with E-state index in [-0.39, 0.29) is 0 Å². The maximum atomic E-state index is 5.72. The third-order valence-electron chi connectivity index (χ3n) is 3.69. The Hall–Kier alpha value is -0.0800. The first-order valence-electron chi connectivity index (χ1n) is 7.68. The highest BCUT2D eigenvalue weighted by Crippen LogP contribution is 2.27. The molecule has 0 aliphatic heterocycles. The van der Waals surface area contributed by atoms with Crippen LogP contribution < -0.4 is 5.32 Å². The monoisotopic (exact) mass is 241 g/mol. The molecule has 0 bridgehead atoms. The van der Waals surface area contributed by atoms with E-state index in [4.69, 9.17) is 4.74 Å². The number of nitrogens with one attached hydrogen (secondary N) is 1. The molecular formula is C15H31NO. The van der Waals surface area contributed by atoms with E-state index < -0.39 is 0 Å². The van der Waals surface area contributed by atoms with E-state index in [1.54, 1.807) is 0 Å². The molecule has 0 spiro atoms. The van der Waals surface area contributed by atoms with Gasteiger partial charge in [-0.1, -0.05) is 46.0 Å². The van der Waals surface area contributed by atoms with Gasteiger partial charge in [0.15, 0.2) is 0 Å². The van der Waals surface area contributed by atoms with Crippen molar-refractivity contribution in [3.8, 4) is 0 Å². The molecular weight excluding hydrogens is 210 g/mol. The van der Waals surface area contributed by atoms with Gasteiger partial charge in [0.1, 0.15) is 0 Å². The Labute approximate surface area is 108 Å². The van der Waals surface area contributed by atoms with Crippen LogP contribution in [-0.2, 0) is 4.74 Å². The van der Waals surface area contributed by atoms with Gasteiger partial charge in [-0.25, -0.2) is 0 Å². The zero-order chi connectivity index (χ0) is 12.3. The van der Waals surface area contributed by atoms with Crippen LogP contribution in [0, 0.1) is 5.92 Å². The summed E-state index contributed by atoms with van der Waals surface area (Å²) >= 11 is 0. The molecule has 0 aromatic carbocycles. The van der Waals surface area contributed by atoms with Crippen molar-refractivity contribution in [2.24, 2.45) is 5.92 Å². The molecule has 102 valence electrons. The van der Waals surface area contributed by atoms with Crippen molar-refractivity contribution in [3.63, 3.8) is 0 Å². The molecule has 1 fully saturated rings.